The molecule has 2 heterocycles. The molecule has 0 saturated carbocycles. The summed E-state index contributed by atoms with van der Waals surface area (Å²) in [7, 11) is 0. The average molecular weight is 322 g/mol. The van der Waals surface area contributed by atoms with Crippen LogP contribution in [0.4, 0.5) is 4.39 Å². The van der Waals surface area contributed by atoms with Crippen LogP contribution >= 0.6 is 0 Å². The lowest BCUT2D eigenvalue weighted by molar-refractivity contribution is 0.0928. The maximum atomic E-state index is 14.2. The molecule has 0 aliphatic carbocycles. The highest BCUT2D eigenvalue weighted by Crippen LogP contribution is 2.32. The summed E-state index contributed by atoms with van der Waals surface area (Å²) in [4.78, 5) is 12.2. The van der Waals surface area contributed by atoms with E-state index in [1.165, 1.54) is 5.56 Å². The van der Waals surface area contributed by atoms with Gasteiger partial charge in [0.05, 0.1) is 5.52 Å². The van der Waals surface area contributed by atoms with E-state index in [1.807, 2.05) is 17.6 Å². The average Bonchev–Trinajstić information content (AvgIpc) is 2.81. The van der Waals surface area contributed by atoms with Gasteiger partial charge in [-0.05, 0) is 49.1 Å². The molecule has 4 heteroatoms. The van der Waals surface area contributed by atoms with Crippen molar-refractivity contribution in [1.29, 1.82) is 0 Å². The molecule has 3 aromatic rings. The Morgan fingerprint density at radius 2 is 2.04 bits per heavy atom. The second-order valence-electron chi connectivity index (χ2n) is 6.51. The number of nitrogens with zero attached hydrogens (tertiary/aromatic N) is 1. The number of amides is 1. The maximum absolute atomic E-state index is 14.2. The number of benzene rings is 2. The van der Waals surface area contributed by atoms with Gasteiger partial charge in [-0.2, -0.15) is 0 Å². The Hall–Kier alpha value is -2.62. The van der Waals surface area contributed by atoms with E-state index in [9.17, 15) is 9.18 Å². The number of hydrogen-bond donors (Lipinski definition) is 1. The molecular formula is C20H19FN2O. The third-order valence-corrected chi connectivity index (χ3v) is 4.77. The van der Waals surface area contributed by atoms with E-state index in [2.05, 4.69) is 30.4 Å². The van der Waals surface area contributed by atoms with Gasteiger partial charge in [-0.1, -0.05) is 29.8 Å². The molecule has 0 unspecified atom stereocenters. The van der Waals surface area contributed by atoms with Gasteiger partial charge in [0.25, 0.3) is 5.91 Å². The molecular weight excluding hydrogens is 303 g/mol. The summed E-state index contributed by atoms with van der Waals surface area (Å²) in [5.41, 5.74) is 5.77. The van der Waals surface area contributed by atoms with Crippen LogP contribution in [0.15, 0.2) is 36.4 Å². The van der Waals surface area contributed by atoms with Crippen LogP contribution in [0, 0.1) is 19.7 Å². The summed E-state index contributed by atoms with van der Waals surface area (Å²) in [6, 6.07) is 11.4. The fraction of sp³-hybridized carbons (Fsp3) is 0.250. The Morgan fingerprint density at radius 3 is 2.83 bits per heavy atom. The van der Waals surface area contributed by atoms with Crippen molar-refractivity contribution in [3.63, 3.8) is 0 Å². The third kappa shape index (κ3) is 2.30. The van der Waals surface area contributed by atoms with Gasteiger partial charge in [-0.3, -0.25) is 4.79 Å². The number of halogens is 1. The first-order valence-electron chi connectivity index (χ1n) is 8.19. The number of rotatable bonds is 2. The molecule has 3 nitrogen and oxygen atoms in total. The number of nitrogens with one attached hydrogen (secondary N) is 1. The molecule has 2 aromatic carbocycles. The van der Waals surface area contributed by atoms with Gasteiger partial charge < -0.3 is 9.88 Å². The van der Waals surface area contributed by atoms with Crippen LogP contribution in [-0.4, -0.2) is 17.0 Å². The summed E-state index contributed by atoms with van der Waals surface area (Å²) in [5.74, 6) is -0.325. The molecule has 4 rings (SSSR count). The Bertz CT molecular complexity index is 971. The number of carbonyl (C=O) groups excluding carboxylic acids is 1. The molecule has 1 aliphatic heterocycles. The van der Waals surface area contributed by atoms with Crippen molar-refractivity contribution in [3.8, 4) is 0 Å². The molecule has 1 aromatic heterocycles. The molecule has 0 radical (unpaired) electrons. The molecule has 0 bridgehead atoms. The quantitative estimate of drug-likeness (QED) is 0.766. The lowest BCUT2D eigenvalue weighted by Crippen LogP contribution is -2.35. The number of fused-ring (bicyclic) bond motifs is 3. The maximum Gasteiger partial charge on any atom is 0.268 e. The van der Waals surface area contributed by atoms with Crippen LogP contribution in [0.5, 0.6) is 0 Å². The van der Waals surface area contributed by atoms with E-state index in [4.69, 9.17) is 0 Å². The zero-order valence-electron chi connectivity index (χ0n) is 13.8. The van der Waals surface area contributed by atoms with Gasteiger partial charge in [0.1, 0.15) is 11.5 Å². The Morgan fingerprint density at radius 1 is 1.21 bits per heavy atom. The summed E-state index contributed by atoms with van der Waals surface area (Å²) < 4.78 is 16.3. The van der Waals surface area contributed by atoms with Crippen LogP contribution in [-0.2, 0) is 13.0 Å². The Kier molecular flexibility index (Phi) is 3.41. The van der Waals surface area contributed by atoms with E-state index >= 15 is 0 Å². The van der Waals surface area contributed by atoms with Gasteiger partial charge in [0.2, 0.25) is 0 Å². The van der Waals surface area contributed by atoms with Gasteiger partial charge in [-0.25, -0.2) is 4.39 Å². The highest BCUT2D eigenvalue weighted by Gasteiger charge is 2.25. The van der Waals surface area contributed by atoms with Crippen LogP contribution in [0.1, 0.15) is 32.7 Å². The number of aryl methyl sites for hydroxylation is 2. The Labute approximate surface area is 140 Å². The van der Waals surface area contributed by atoms with Crippen LogP contribution in [0.25, 0.3) is 10.9 Å². The number of hydrogen-bond acceptors (Lipinski definition) is 1. The highest BCUT2D eigenvalue weighted by atomic mass is 19.1. The molecule has 0 spiro atoms. The van der Waals surface area contributed by atoms with Crippen molar-refractivity contribution in [3.05, 3.63) is 70.2 Å². The zero-order chi connectivity index (χ0) is 16.8. The van der Waals surface area contributed by atoms with E-state index in [-0.39, 0.29) is 11.7 Å². The smallest absolute Gasteiger partial charge is 0.268 e. The predicted molar refractivity (Wildman–Crippen MR) is 93.0 cm³/mol. The molecule has 0 fully saturated rings. The van der Waals surface area contributed by atoms with Crippen molar-refractivity contribution in [2.45, 2.75) is 26.8 Å². The first kappa shape index (κ1) is 14.9. The van der Waals surface area contributed by atoms with Gasteiger partial charge in [0.15, 0.2) is 0 Å². The minimum absolute atomic E-state index is 0.0723. The van der Waals surface area contributed by atoms with E-state index < -0.39 is 0 Å². The molecule has 1 N–H and O–H groups in total. The fourth-order valence-electron chi connectivity index (χ4n) is 3.76. The lowest BCUT2D eigenvalue weighted by Gasteiger charge is -2.18. The normalized spacial score (nSPS) is 13.9. The van der Waals surface area contributed by atoms with Crippen molar-refractivity contribution < 1.29 is 9.18 Å². The largest absolute Gasteiger partial charge is 0.349 e. The summed E-state index contributed by atoms with van der Waals surface area (Å²) in [6.07, 6.45) is 0.653. The molecule has 0 atom stereocenters. The van der Waals surface area contributed by atoms with Crippen molar-refractivity contribution >= 4 is 16.8 Å². The molecule has 1 aliphatic rings. The van der Waals surface area contributed by atoms with Crippen LogP contribution < -0.4 is 5.32 Å². The lowest BCUT2D eigenvalue weighted by atomic mass is 10.00. The van der Waals surface area contributed by atoms with E-state index in [0.717, 1.165) is 34.1 Å². The topological polar surface area (TPSA) is 34.0 Å². The second kappa shape index (κ2) is 5.48. The monoisotopic (exact) mass is 322 g/mol. The molecule has 1 amide bonds. The summed E-state index contributed by atoms with van der Waals surface area (Å²) >= 11 is 0. The predicted octanol–water partition coefficient (Wildman–Crippen LogP) is 3.73. The van der Waals surface area contributed by atoms with Gasteiger partial charge >= 0.3 is 0 Å². The summed E-state index contributed by atoms with van der Waals surface area (Å²) in [6.45, 7) is 5.28. The molecule has 0 saturated heterocycles. The van der Waals surface area contributed by atoms with Crippen LogP contribution in [0.3, 0.4) is 0 Å². The minimum atomic E-state index is -0.253. The third-order valence-electron chi connectivity index (χ3n) is 4.77. The standard InChI is InChI=1S/C20H19FN2O/c1-12-4-3-5-14(8-12)9-15-10-16(21)11-17-13(2)18-20(24)22-6-7-23(18)19(15)17/h3-5,8,10-11H,6-7,9H2,1-2H3,(H,22,24). The number of carbonyl (C=O) groups is 1. The first-order chi connectivity index (χ1) is 11.5. The fourth-order valence-corrected chi connectivity index (χ4v) is 3.76. The van der Waals surface area contributed by atoms with Crippen molar-refractivity contribution in [2.75, 3.05) is 6.54 Å². The highest BCUT2D eigenvalue weighted by molar-refractivity contribution is 6.03. The van der Waals surface area contributed by atoms with Gasteiger partial charge in [-0.15, -0.1) is 0 Å². The minimum Gasteiger partial charge on any atom is -0.349 e. The van der Waals surface area contributed by atoms with Gasteiger partial charge in [0, 0.05) is 18.5 Å². The van der Waals surface area contributed by atoms with E-state index in [0.29, 0.717) is 18.7 Å². The Balaban J connectivity index is 1.95. The molecule has 24 heavy (non-hydrogen) atoms. The van der Waals surface area contributed by atoms with Crippen molar-refractivity contribution in [2.24, 2.45) is 0 Å². The SMILES string of the molecule is Cc1cccc(Cc2cc(F)cc3c(C)c4n(c23)CCNC4=O)c1. The number of aromatic nitrogens is 1. The zero-order valence-corrected chi connectivity index (χ0v) is 13.8. The molecule has 122 valence electrons. The summed E-state index contributed by atoms with van der Waals surface area (Å²) in [5, 5.41) is 3.72. The van der Waals surface area contributed by atoms with E-state index in [1.54, 1.807) is 12.1 Å². The van der Waals surface area contributed by atoms with Crippen molar-refractivity contribution in [1.82, 2.24) is 9.88 Å². The first-order valence-corrected chi connectivity index (χ1v) is 8.19. The second-order valence-corrected chi connectivity index (χ2v) is 6.51. The van der Waals surface area contributed by atoms with Crippen LogP contribution in [0.2, 0.25) is 0 Å².